The van der Waals surface area contributed by atoms with Crippen LogP contribution in [0, 0.1) is 35.4 Å². The van der Waals surface area contributed by atoms with E-state index in [4.69, 9.17) is 5.26 Å². The molecule has 1 N–H and O–H groups in total. The summed E-state index contributed by atoms with van der Waals surface area (Å²) >= 11 is 0. The lowest BCUT2D eigenvalue weighted by Crippen LogP contribution is -2.45. The van der Waals surface area contributed by atoms with E-state index in [-0.39, 0.29) is 5.69 Å². The maximum absolute atomic E-state index is 13.6. The highest BCUT2D eigenvalue weighted by molar-refractivity contribution is 5.98. The highest BCUT2D eigenvalue weighted by atomic mass is 19.1. The minimum absolute atomic E-state index is 0.177. The number of nitrogens with one attached hydrogen (secondary N) is 1. The van der Waals surface area contributed by atoms with E-state index >= 15 is 0 Å². The third kappa shape index (κ3) is 1.97. The van der Waals surface area contributed by atoms with Crippen LogP contribution in [0.15, 0.2) is 18.2 Å². The van der Waals surface area contributed by atoms with Gasteiger partial charge in [0.15, 0.2) is 0 Å². The van der Waals surface area contributed by atoms with Crippen LogP contribution >= 0.6 is 0 Å². The van der Waals surface area contributed by atoms with E-state index in [1.807, 2.05) is 6.92 Å². The number of aryl methyl sites for hydroxylation is 1. The molecule has 18 heavy (non-hydrogen) atoms. The Balaban J connectivity index is 2.20. The van der Waals surface area contributed by atoms with Gasteiger partial charge in [0.05, 0.1) is 11.8 Å². The van der Waals surface area contributed by atoms with E-state index in [1.54, 1.807) is 19.1 Å². The van der Waals surface area contributed by atoms with Gasteiger partial charge in [-0.3, -0.25) is 4.79 Å². The maximum atomic E-state index is 13.6. The van der Waals surface area contributed by atoms with Crippen LogP contribution < -0.4 is 5.32 Å². The topological polar surface area (TPSA) is 52.9 Å². The molecule has 0 aromatic heterocycles. The molecule has 1 amide bonds. The molecule has 0 aliphatic heterocycles. The smallest absolute Gasteiger partial charge is 0.244 e. The molecule has 1 saturated carbocycles. The summed E-state index contributed by atoms with van der Waals surface area (Å²) in [6.07, 6.45) is 1.09. The van der Waals surface area contributed by atoms with E-state index in [0.717, 1.165) is 0 Å². The zero-order chi connectivity index (χ0) is 13.3. The molecule has 0 atom stereocenters. The molecule has 1 aliphatic carbocycles. The van der Waals surface area contributed by atoms with Crippen molar-refractivity contribution >= 4 is 11.6 Å². The molecule has 0 heterocycles. The highest BCUT2D eigenvalue weighted by Crippen LogP contribution is 2.45. The molecule has 3 nitrogen and oxygen atoms in total. The highest BCUT2D eigenvalue weighted by Gasteiger charge is 2.49. The number of carbonyl (C=O) groups excluding carboxylic acids is 1. The fourth-order valence-electron chi connectivity index (χ4n) is 2.48. The van der Waals surface area contributed by atoms with Crippen molar-refractivity contribution in [1.82, 2.24) is 0 Å². The van der Waals surface area contributed by atoms with Crippen molar-refractivity contribution in [2.24, 2.45) is 11.3 Å². The summed E-state index contributed by atoms with van der Waals surface area (Å²) in [6.45, 7) is 3.72. The van der Waals surface area contributed by atoms with Crippen molar-refractivity contribution < 1.29 is 9.18 Å². The van der Waals surface area contributed by atoms with Gasteiger partial charge in [-0.25, -0.2) is 4.39 Å². The number of rotatable bonds is 2. The van der Waals surface area contributed by atoms with Gasteiger partial charge < -0.3 is 5.32 Å². The summed E-state index contributed by atoms with van der Waals surface area (Å²) in [5.41, 5.74) is -0.144. The maximum Gasteiger partial charge on any atom is 0.244 e. The average Bonchev–Trinajstić information content (AvgIpc) is 2.29. The van der Waals surface area contributed by atoms with Crippen LogP contribution in [0.5, 0.6) is 0 Å². The second-order valence-electron chi connectivity index (χ2n) is 5.09. The minimum atomic E-state index is -0.978. The van der Waals surface area contributed by atoms with Crippen molar-refractivity contribution in [3.63, 3.8) is 0 Å². The van der Waals surface area contributed by atoms with Crippen molar-refractivity contribution in [3.8, 4) is 6.07 Å². The zero-order valence-electron chi connectivity index (χ0n) is 10.5. The van der Waals surface area contributed by atoms with E-state index in [2.05, 4.69) is 11.4 Å². The molecule has 0 saturated heterocycles. The zero-order valence-corrected chi connectivity index (χ0v) is 10.5. The van der Waals surface area contributed by atoms with Crippen LogP contribution in [0.25, 0.3) is 0 Å². The van der Waals surface area contributed by atoms with Gasteiger partial charge in [0.25, 0.3) is 0 Å². The number of carbonyl (C=O) groups is 1. The summed E-state index contributed by atoms with van der Waals surface area (Å²) in [6, 6.07) is 6.68. The van der Waals surface area contributed by atoms with Gasteiger partial charge in [0.2, 0.25) is 5.91 Å². The summed E-state index contributed by atoms with van der Waals surface area (Å²) < 4.78 is 13.6. The Morgan fingerprint density at radius 2 is 2.22 bits per heavy atom. The van der Waals surface area contributed by atoms with Gasteiger partial charge in [0.1, 0.15) is 11.2 Å². The largest absolute Gasteiger partial charge is 0.322 e. The Morgan fingerprint density at radius 3 is 2.72 bits per heavy atom. The number of benzene rings is 1. The minimum Gasteiger partial charge on any atom is -0.322 e. The predicted octanol–water partition coefficient (Wildman–Crippen LogP) is 3.01. The number of nitrogens with zero attached hydrogens (tertiary/aromatic N) is 1. The molecule has 0 unspecified atom stereocenters. The number of anilines is 1. The number of nitriles is 1. The van der Waals surface area contributed by atoms with Gasteiger partial charge in [-0.15, -0.1) is 0 Å². The molecule has 1 aliphatic rings. The molecule has 1 fully saturated rings. The summed E-state index contributed by atoms with van der Waals surface area (Å²) in [5, 5.41) is 11.7. The van der Waals surface area contributed by atoms with Gasteiger partial charge in [-0.1, -0.05) is 19.1 Å². The number of hydrogen-bond acceptors (Lipinski definition) is 2. The van der Waals surface area contributed by atoms with Gasteiger partial charge >= 0.3 is 0 Å². The fourth-order valence-corrected chi connectivity index (χ4v) is 2.48. The molecule has 1 aromatic carbocycles. The normalized spacial score (nSPS) is 26.0. The lowest BCUT2D eigenvalue weighted by Gasteiger charge is -2.39. The Kier molecular flexibility index (Phi) is 3.08. The molecular formula is C14H15FN2O. The average molecular weight is 246 g/mol. The van der Waals surface area contributed by atoms with Crippen molar-refractivity contribution in [2.45, 2.75) is 26.7 Å². The van der Waals surface area contributed by atoms with Crippen LogP contribution in [0.1, 0.15) is 25.3 Å². The van der Waals surface area contributed by atoms with Crippen LogP contribution in [0.2, 0.25) is 0 Å². The predicted molar refractivity (Wildman–Crippen MR) is 66.2 cm³/mol. The lowest BCUT2D eigenvalue weighted by atomic mass is 9.63. The van der Waals surface area contributed by atoms with Crippen LogP contribution in [0.4, 0.5) is 10.1 Å². The van der Waals surface area contributed by atoms with Gasteiger partial charge in [-0.05, 0) is 37.3 Å². The van der Waals surface area contributed by atoms with Crippen LogP contribution in [-0.4, -0.2) is 5.91 Å². The summed E-state index contributed by atoms with van der Waals surface area (Å²) in [5.74, 6) is -0.489. The van der Waals surface area contributed by atoms with E-state index < -0.39 is 17.1 Å². The van der Waals surface area contributed by atoms with E-state index in [0.29, 0.717) is 24.3 Å². The number of amides is 1. The van der Waals surface area contributed by atoms with E-state index in [9.17, 15) is 9.18 Å². The first kappa shape index (κ1) is 12.6. The Morgan fingerprint density at radius 1 is 1.56 bits per heavy atom. The second-order valence-corrected chi connectivity index (χ2v) is 5.09. The number of hydrogen-bond donors (Lipinski definition) is 1. The SMILES string of the molecule is Cc1cccc(F)c1NC(=O)C1(C#N)CC(C)C1. The van der Waals surface area contributed by atoms with Gasteiger partial charge in [0, 0.05) is 0 Å². The first-order chi connectivity index (χ1) is 8.48. The Hall–Kier alpha value is -1.89. The standard InChI is InChI=1S/C14H15FN2O/c1-9-6-14(7-9,8-16)13(18)17-12-10(2)4-3-5-11(12)15/h3-5,9H,6-7H2,1-2H3,(H,17,18). The number of para-hydroxylation sites is 1. The third-order valence-electron chi connectivity index (χ3n) is 3.50. The first-order valence-electron chi connectivity index (χ1n) is 5.96. The molecule has 0 bridgehead atoms. The number of halogens is 1. The van der Waals surface area contributed by atoms with Crippen molar-refractivity contribution in [1.29, 1.82) is 5.26 Å². The molecule has 94 valence electrons. The molecule has 0 spiro atoms. The van der Waals surface area contributed by atoms with Crippen molar-refractivity contribution in [3.05, 3.63) is 29.6 Å². The molecular weight excluding hydrogens is 231 g/mol. The molecule has 4 heteroatoms. The molecule has 1 aromatic rings. The quantitative estimate of drug-likeness (QED) is 0.872. The van der Waals surface area contributed by atoms with Crippen LogP contribution in [-0.2, 0) is 4.79 Å². The van der Waals surface area contributed by atoms with Crippen molar-refractivity contribution in [2.75, 3.05) is 5.32 Å². The molecule has 2 rings (SSSR count). The molecule has 0 radical (unpaired) electrons. The van der Waals surface area contributed by atoms with E-state index in [1.165, 1.54) is 6.07 Å². The summed E-state index contributed by atoms with van der Waals surface area (Å²) in [4.78, 5) is 12.1. The summed E-state index contributed by atoms with van der Waals surface area (Å²) in [7, 11) is 0. The van der Waals surface area contributed by atoms with Gasteiger partial charge in [-0.2, -0.15) is 5.26 Å². The van der Waals surface area contributed by atoms with Crippen LogP contribution in [0.3, 0.4) is 0 Å². The second kappa shape index (κ2) is 4.41. The lowest BCUT2D eigenvalue weighted by molar-refractivity contribution is -0.128. The fraction of sp³-hybridized carbons (Fsp3) is 0.429. The monoisotopic (exact) mass is 246 g/mol. The Labute approximate surface area is 106 Å². The first-order valence-corrected chi connectivity index (χ1v) is 5.96. The Bertz CT molecular complexity index is 507. The third-order valence-corrected chi connectivity index (χ3v) is 3.50.